The van der Waals surface area contributed by atoms with Gasteiger partial charge in [0.05, 0.1) is 19.3 Å². The van der Waals surface area contributed by atoms with Gasteiger partial charge in [-0.05, 0) is 44.3 Å². The number of hydrogen-bond acceptors (Lipinski definition) is 7. The average Bonchev–Trinajstić information content (AvgIpc) is 3.17. The summed E-state index contributed by atoms with van der Waals surface area (Å²) in [6.45, 7) is 27.1. The average molecular weight is 584 g/mol. The fraction of sp³-hybridized carbons (Fsp3) is 0.844. The molecule has 8 heteroatoms. The molecule has 1 N–H and O–H groups in total. The van der Waals surface area contributed by atoms with Crippen LogP contribution < -0.4 is 5.32 Å². The molecule has 1 aliphatic heterocycles. The Morgan fingerprint density at radius 3 is 2.23 bits per heavy atom. The Balaban J connectivity index is 0.00000101. The van der Waals surface area contributed by atoms with Crippen LogP contribution in [0.5, 0.6) is 0 Å². The lowest BCUT2D eigenvalue weighted by Gasteiger charge is -2.38. The summed E-state index contributed by atoms with van der Waals surface area (Å²) in [6.07, 6.45) is 9.04. The zero-order valence-corrected chi connectivity index (χ0v) is 28.5. The van der Waals surface area contributed by atoms with Crippen LogP contribution in [0.3, 0.4) is 0 Å². The molecule has 1 heterocycles. The lowest BCUT2D eigenvalue weighted by atomic mass is 9.93. The van der Waals surface area contributed by atoms with E-state index in [0.29, 0.717) is 31.5 Å². The second kappa shape index (κ2) is 17.8. The second-order valence-corrected chi connectivity index (χ2v) is 18.0. The Bertz CT molecular complexity index is 751. The van der Waals surface area contributed by atoms with Gasteiger partial charge in [-0.2, -0.15) is 0 Å². The van der Waals surface area contributed by atoms with E-state index in [1.165, 1.54) is 7.11 Å². The summed E-state index contributed by atoms with van der Waals surface area (Å²) >= 11 is 0. The van der Waals surface area contributed by atoms with Crippen molar-refractivity contribution in [3.05, 3.63) is 24.8 Å². The third-order valence-corrected chi connectivity index (χ3v) is 12.5. The van der Waals surface area contributed by atoms with Gasteiger partial charge in [-0.25, -0.2) is 4.79 Å². The van der Waals surface area contributed by atoms with Gasteiger partial charge in [-0.1, -0.05) is 66.7 Å². The Kier molecular flexibility index (Phi) is 16.5. The van der Waals surface area contributed by atoms with Crippen LogP contribution in [0.25, 0.3) is 0 Å². The highest BCUT2D eigenvalue weighted by atomic mass is 28.4. The van der Waals surface area contributed by atoms with Gasteiger partial charge < -0.3 is 28.7 Å². The van der Waals surface area contributed by atoms with Crippen molar-refractivity contribution >= 4 is 14.3 Å². The van der Waals surface area contributed by atoms with Crippen molar-refractivity contribution in [2.75, 3.05) is 20.3 Å². The van der Waals surface area contributed by atoms with Gasteiger partial charge in [-0.15, -0.1) is 6.58 Å². The molecule has 7 nitrogen and oxygen atoms in total. The molecule has 0 aromatic carbocycles. The van der Waals surface area contributed by atoms with Gasteiger partial charge in [-0.3, -0.25) is 0 Å². The first-order chi connectivity index (χ1) is 18.7. The number of carbonyl (C=O) groups excluding carboxylic acids is 1. The summed E-state index contributed by atoms with van der Waals surface area (Å²) < 4.78 is 30.4. The molecule has 0 aromatic rings. The first-order valence-electron chi connectivity index (χ1n) is 15.3. The normalized spacial score (nSPS) is 26.6. The first-order valence-corrected chi connectivity index (χ1v) is 18.2. The van der Waals surface area contributed by atoms with E-state index < -0.39 is 14.4 Å². The Morgan fingerprint density at radius 1 is 1.12 bits per heavy atom. The van der Waals surface area contributed by atoms with E-state index in [1.54, 1.807) is 6.08 Å². The van der Waals surface area contributed by atoms with Crippen LogP contribution in [0, 0.1) is 11.8 Å². The SMILES string of the molecule is C=CC[C@H](O[C@H]1C[C@@H](OC2CCCCO2)[C@H](CO[Si](C)(C)C(C)(C)C)[C@H]1C=CC)C(=O)OC.CC(C)NC(C)C. The molecule has 0 amide bonds. The third kappa shape index (κ3) is 12.5. The van der Waals surface area contributed by atoms with Crippen molar-refractivity contribution in [2.45, 2.75) is 142 Å². The Labute approximate surface area is 246 Å². The highest BCUT2D eigenvalue weighted by Gasteiger charge is 2.47. The van der Waals surface area contributed by atoms with Gasteiger partial charge in [0.1, 0.15) is 0 Å². The molecular formula is C32H61NO6Si. The lowest BCUT2D eigenvalue weighted by molar-refractivity contribution is -0.198. The van der Waals surface area contributed by atoms with E-state index in [4.69, 9.17) is 23.4 Å². The summed E-state index contributed by atoms with van der Waals surface area (Å²) in [5, 5.41) is 3.43. The molecule has 1 unspecified atom stereocenters. The maximum Gasteiger partial charge on any atom is 0.335 e. The number of rotatable bonds is 13. The molecule has 1 saturated carbocycles. The van der Waals surface area contributed by atoms with Gasteiger partial charge in [0.2, 0.25) is 0 Å². The number of nitrogens with one attached hydrogen (secondary N) is 1. The number of allylic oxidation sites excluding steroid dienone is 1. The molecule has 0 aromatic heterocycles. The minimum atomic E-state index is -1.94. The van der Waals surface area contributed by atoms with Crippen molar-refractivity contribution < 1.29 is 28.2 Å². The van der Waals surface area contributed by atoms with Crippen LogP contribution >= 0.6 is 0 Å². The maximum absolute atomic E-state index is 12.3. The minimum Gasteiger partial charge on any atom is -0.467 e. The number of methoxy groups -OCH3 is 1. The first kappa shape index (κ1) is 37.0. The monoisotopic (exact) mass is 583 g/mol. The summed E-state index contributed by atoms with van der Waals surface area (Å²) in [5.41, 5.74) is 0. The summed E-state index contributed by atoms with van der Waals surface area (Å²) in [6, 6.07) is 1.25. The quantitative estimate of drug-likeness (QED) is 0.142. The standard InChI is InChI=1S/C26H46O6Si.C6H15N/c1-9-13-19-20(18-30-33(7,8)26(3,4)5)23(32-24-15-11-12-16-29-24)17-22(19)31-21(14-10-2)25(27)28-6;1-5(2)7-6(3)4/h9-10,13,19-24H,2,11-12,14-18H2,1,3-8H3;5-7H,1-4H3/t19-,20-,21+,22+,23-,24?;/m1./s1. The maximum atomic E-state index is 12.3. The van der Waals surface area contributed by atoms with Crippen LogP contribution in [0.1, 0.15) is 87.5 Å². The highest BCUT2D eigenvalue weighted by Crippen LogP contribution is 2.42. The van der Waals surface area contributed by atoms with E-state index in [1.807, 2.05) is 6.92 Å². The number of hydrogen-bond donors (Lipinski definition) is 1. The van der Waals surface area contributed by atoms with Crippen LogP contribution in [0.4, 0.5) is 0 Å². The largest absolute Gasteiger partial charge is 0.467 e. The van der Waals surface area contributed by atoms with Crippen molar-refractivity contribution in [3.8, 4) is 0 Å². The Hall–Kier alpha value is -1.03. The predicted octanol–water partition coefficient (Wildman–Crippen LogP) is 7.03. The van der Waals surface area contributed by atoms with E-state index in [-0.39, 0.29) is 41.3 Å². The fourth-order valence-electron chi connectivity index (χ4n) is 5.00. The minimum absolute atomic E-state index is 0.0638. The summed E-state index contributed by atoms with van der Waals surface area (Å²) in [5.74, 6) is -0.179. The molecule has 0 spiro atoms. The van der Waals surface area contributed by atoms with Crippen LogP contribution in [0.2, 0.25) is 18.1 Å². The summed E-state index contributed by atoms with van der Waals surface area (Å²) in [7, 11) is -0.545. The third-order valence-electron chi connectivity index (χ3n) is 8.04. The topological polar surface area (TPSA) is 75.2 Å². The number of carbonyl (C=O) groups is 1. The van der Waals surface area contributed by atoms with Crippen LogP contribution in [0.15, 0.2) is 24.8 Å². The van der Waals surface area contributed by atoms with E-state index in [9.17, 15) is 4.79 Å². The molecule has 234 valence electrons. The predicted molar refractivity (Wildman–Crippen MR) is 167 cm³/mol. The number of ether oxygens (including phenoxy) is 4. The van der Waals surface area contributed by atoms with Crippen molar-refractivity contribution in [1.82, 2.24) is 5.32 Å². The van der Waals surface area contributed by atoms with E-state index >= 15 is 0 Å². The molecule has 0 bridgehead atoms. The highest BCUT2D eigenvalue weighted by molar-refractivity contribution is 6.74. The molecule has 1 saturated heterocycles. The second-order valence-electron chi connectivity index (χ2n) is 13.2. The van der Waals surface area contributed by atoms with Crippen LogP contribution in [-0.2, 0) is 28.2 Å². The molecule has 2 aliphatic rings. The lowest BCUT2D eigenvalue weighted by Crippen LogP contribution is -2.44. The van der Waals surface area contributed by atoms with E-state index in [2.05, 4.69) is 85.6 Å². The number of esters is 1. The zero-order chi connectivity index (χ0) is 30.5. The molecule has 0 radical (unpaired) electrons. The van der Waals surface area contributed by atoms with Gasteiger partial charge in [0, 0.05) is 50.0 Å². The molecule has 2 fully saturated rings. The smallest absolute Gasteiger partial charge is 0.335 e. The summed E-state index contributed by atoms with van der Waals surface area (Å²) in [4.78, 5) is 12.3. The van der Waals surface area contributed by atoms with Gasteiger partial charge in [0.15, 0.2) is 20.7 Å². The molecular weight excluding hydrogens is 522 g/mol. The molecule has 6 atom stereocenters. The molecule has 40 heavy (non-hydrogen) atoms. The van der Waals surface area contributed by atoms with Gasteiger partial charge in [0.25, 0.3) is 0 Å². The van der Waals surface area contributed by atoms with Crippen molar-refractivity contribution in [1.29, 1.82) is 0 Å². The van der Waals surface area contributed by atoms with E-state index in [0.717, 1.165) is 25.9 Å². The van der Waals surface area contributed by atoms with Gasteiger partial charge >= 0.3 is 5.97 Å². The van der Waals surface area contributed by atoms with Crippen LogP contribution in [-0.4, -0.2) is 71.3 Å². The van der Waals surface area contributed by atoms with Crippen molar-refractivity contribution in [2.24, 2.45) is 11.8 Å². The molecule has 2 rings (SSSR count). The van der Waals surface area contributed by atoms with Crippen molar-refractivity contribution in [3.63, 3.8) is 0 Å². The fourth-order valence-corrected chi connectivity index (χ4v) is 6.04. The Morgan fingerprint density at radius 2 is 1.77 bits per heavy atom. The molecule has 1 aliphatic carbocycles. The zero-order valence-electron chi connectivity index (χ0n) is 27.5.